The Morgan fingerprint density at radius 3 is 2.75 bits per heavy atom. The minimum absolute atomic E-state index is 0.176. The molecular weight excluding hydrogens is 204 g/mol. The van der Waals surface area contributed by atoms with Crippen LogP contribution in [0.1, 0.15) is 25.7 Å². The lowest BCUT2D eigenvalue weighted by atomic mass is 10.1. The highest BCUT2D eigenvalue weighted by atomic mass is 16.5. The van der Waals surface area contributed by atoms with Crippen LogP contribution >= 0.6 is 0 Å². The highest BCUT2D eigenvalue weighted by Gasteiger charge is 2.21. The minimum atomic E-state index is 0.176. The third-order valence-corrected chi connectivity index (χ3v) is 2.82. The predicted octanol–water partition coefficient (Wildman–Crippen LogP) is 0.919. The molecule has 1 heterocycles. The summed E-state index contributed by atoms with van der Waals surface area (Å²) >= 11 is 0. The summed E-state index contributed by atoms with van der Waals surface area (Å²) in [5, 5.41) is 0. The van der Waals surface area contributed by atoms with Crippen LogP contribution in [0.4, 0.5) is 0 Å². The molecule has 0 radical (unpaired) electrons. The predicted molar refractivity (Wildman–Crippen MR) is 64.0 cm³/mol. The van der Waals surface area contributed by atoms with Gasteiger partial charge in [0.2, 0.25) is 5.91 Å². The Hall–Kier alpha value is -0.870. The van der Waals surface area contributed by atoms with Crippen LogP contribution in [0.2, 0.25) is 0 Å². The Bertz CT molecular complexity index is 223. The first-order chi connectivity index (χ1) is 7.77. The number of nitrogens with zero attached hydrogens (tertiary/aromatic N) is 1. The fourth-order valence-corrected chi connectivity index (χ4v) is 1.86. The summed E-state index contributed by atoms with van der Waals surface area (Å²) in [6.45, 7) is 6.60. The van der Waals surface area contributed by atoms with Crippen LogP contribution in [0.15, 0.2) is 12.7 Å². The number of nitrogens with two attached hydrogens (primary N) is 1. The van der Waals surface area contributed by atoms with Crippen molar-refractivity contribution in [1.82, 2.24) is 4.90 Å². The first-order valence-corrected chi connectivity index (χ1v) is 5.98. The van der Waals surface area contributed by atoms with Gasteiger partial charge in [-0.1, -0.05) is 6.08 Å². The zero-order chi connectivity index (χ0) is 11.8. The zero-order valence-electron chi connectivity index (χ0n) is 9.86. The second-order valence-electron chi connectivity index (χ2n) is 4.09. The van der Waals surface area contributed by atoms with E-state index in [1.807, 2.05) is 4.90 Å². The van der Waals surface area contributed by atoms with E-state index in [-0.39, 0.29) is 5.91 Å². The molecule has 1 aliphatic heterocycles. The second-order valence-corrected chi connectivity index (χ2v) is 4.09. The molecule has 4 heteroatoms. The monoisotopic (exact) mass is 226 g/mol. The molecular formula is C12H22N2O2. The van der Waals surface area contributed by atoms with E-state index in [9.17, 15) is 4.79 Å². The Kier molecular flexibility index (Phi) is 6.11. The summed E-state index contributed by atoms with van der Waals surface area (Å²) in [6.07, 6.45) is 5.20. The molecule has 0 bridgehead atoms. The lowest BCUT2D eigenvalue weighted by Crippen LogP contribution is -2.40. The molecule has 0 aromatic carbocycles. The molecule has 4 nitrogen and oxygen atoms in total. The molecule has 0 spiro atoms. The summed E-state index contributed by atoms with van der Waals surface area (Å²) in [5.41, 5.74) is 5.40. The Labute approximate surface area is 97.4 Å². The molecule has 0 aromatic heterocycles. The number of amides is 1. The first-order valence-electron chi connectivity index (χ1n) is 5.98. The highest BCUT2D eigenvalue weighted by molar-refractivity contribution is 5.77. The highest BCUT2D eigenvalue weighted by Crippen LogP contribution is 2.14. The van der Waals surface area contributed by atoms with Crippen molar-refractivity contribution < 1.29 is 9.53 Å². The lowest BCUT2D eigenvalue weighted by Gasteiger charge is -2.31. The van der Waals surface area contributed by atoms with Gasteiger partial charge in [-0.15, -0.1) is 6.58 Å². The number of likely N-dealkylation sites (tertiary alicyclic amines) is 1. The quantitative estimate of drug-likeness (QED) is 0.541. The summed E-state index contributed by atoms with van der Waals surface area (Å²) in [6, 6.07) is 0. The van der Waals surface area contributed by atoms with Gasteiger partial charge in [-0.25, -0.2) is 0 Å². The number of ether oxygens (including phenoxy) is 1. The van der Waals surface area contributed by atoms with Crippen LogP contribution in [0, 0.1) is 0 Å². The lowest BCUT2D eigenvalue weighted by molar-refractivity contribution is -0.132. The SMILES string of the molecule is C=CCC(=O)N1CCC(OCCCN)CC1. The van der Waals surface area contributed by atoms with Crippen molar-refractivity contribution in [2.24, 2.45) is 5.73 Å². The fourth-order valence-electron chi connectivity index (χ4n) is 1.86. The molecule has 1 amide bonds. The van der Waals surface area contributed by atoms with E-state index >= 15 is 0 Å². The van der Waals surface area contributed by atoms with Gasteiger partial charge in [0.25, 0.3) is 0 Å². The molecule has 0 saturated carbocycles. The molecule has 1 aliphatic rings. The second kappa shape index (κ2) is 7.41. The molecule has 1 fully saturated rings. The van der Waals surface area contributed by atoms with Gasteiger partial charge in [-0.05, 0) is 25.8 Å². The average molecular weight is 226 g/mol. The third-order valence-electron chi connectivity index (χ3n) is 2.82. The standard InChI is InChI=1S/C12H22N2O2/c1-2-4-12(15)14-8-5-11(6-9-14)16-10-3-7-13/h2,11H,1,3-10,13H2. The molecule has 92 valence electrons. The van der Waals surface area contributed by atoms with Crippen molar-refractivity contribution in [2.45, 2.75) is 31.8 Å². The summed E-state index contributed by atoms with van der Waals surface area (Å²) < 4.78 is 5.67. The van der Waals surface area contributed by atoms with Crippen molar-refractivity contribution >= 4 is 5.91 Å². The number of rotatable bonds is 6. The van der Waals surface area contributed by atoms with E-state index in [1.165, 1.54) is 0 Å². The molecule has 1 rings (SSSR count). The molecule has 2 N–H and O–H groups in total. The number of carbonyl (C=O) groups excluding carboxylic acids is 1. The topological polar surface area (TPSA) is 55.6 Å². The largest absolute Gasteiger partial charge is 0.378 e. The number of hydrogen-bond donors (Lipinski definition) is 1. The van der Waals surface area contributed by atoms with Crippen molar-refractivity contribution in [1.29, 1.82) is 0 Å². The maximum atomic E-state index is 11.6. The van der Waals surface area contributed by atoms with Gasteiger partial charge < -0.3 is 15.4 Å². The van der Waals surface area contributed by atoms with Gasteiger partial charge >= 0.3 is 0 Å². The molecule has 0 aliphatic carbocycles. The van der Waals surface area contributed by atoms with E-state index < -0.39 is 0 Å². The first kappa shape index (κ1) is 13.2. The maximum absolute atomic E-state index is 11.6. The smallest absolute Gasteiger partial charge is 0.226 e. The van der Waals surface area contributed by atoms with Crippen LogP contribution < -0.4 is 5.73 Å². The van der Waals surface area contributed by atoms with Gasteiger partial charge in [0.05, 0.1) is 6.10 Å². The van der Waals surface area contributed by atoms with Crippen LogP contribution in [-0.4, -0.2) is 43.2 Å². The minimum Gasteiger partial charge on any atom is -0.378 e. The van der Waals surface area contributed by atoms with Gasteiger partial charge in [-0.3, -0.25) is 4.79 Å². The van der Waals surface area contributed by atoms with Gasteiger partial charge in [0.1, 0.15) is 0 Å². The number of carbonyl (C=O) groups is 1. The molecule has 1 saturated heterocycles. The normalized spacial score (nSPS) is 17.4. The Morgan fingerprint density at radius 2 is 2.19 bits per heavy atom. The van der Waals surface area contributed by atoms with E-state index in [0.29, 0.717) is 19.1 Å². The van der Waals surface area contributed by atoms with Crippen LogP contribution in [0.3, 0.4) is 0 Å². The molecule has 0 aromatic rings. The Morgan fingerprint density at radius 1 is 1.50 bits per heavy atom. The van der Waals surface area contributed by atoms with Crippen molar-refractivity contribution in [3.05, 3.63) is 12.7 Å². The van der Waals surface area contributed by atoms with Crippen LogP contribution in [-0.2, 0) is 9.53 Å². The van der Waals surface area contributed by atoms with Crippen molar-refractivity contribution in [3.63, 3.8) is 0 Å². The van der Waals surface area contributed by atoms with Gasteiger partial charge in [-0.2, -0.15) is 0 Å². The van der Waals surface area contributed by atoms with Crippen LogP contribution in [0.5, 0.6) is 0 Å². The summed E-state index contributed by atoms with van der Waals surface area (Å²) in [7, 11) is 0. The van der Waals surface area contributed by atoms with Crippen molar-refractivity contribution in [3.8, 4) is 0 Å². The molecule has 16 heavy (non-hydrogen) atoms. The van der Waals surface area contributed by atoms with Crippen molar-refractivity contribution in [2.75, 3.05) is 26.2 Å². The summed E-state index contributed by atoms with van der Waals surface area (Å²) in [4.78, 5) is 13.5. The number of hydrogen-bond acceptors (Lipinski definition) is 3. The van der Waals surface area contributed by atoms with E-state index in [2.05, 4.69) is 6.58 Å². The fraction of sp³-hybridized carbons (Fsp3) is 0.750. The van der Waals surface area contributed by atoms with Gasteiger partial charge in [0.15, 0.2) is 0 Å². The van der Waals surface area contributed by atoms with Gasteiger partial charge in [0, 0.05) is 26.1 Å². The molecule has 0 atom stereocenters. The Balaban J connectivity index is 2.17. The van der Waals surface area contributed by atoms with Crippen LogP contribution in [0.25, 0.3) is 0 Å². The zero-order valence-corrected chi connectivity index (χ0v) is 9.86. The summed E-state index contributed by atoms with van der Waals surface area (Å²) in [5.74, 6) is 0.176. The number of piperidine rings is 1. The average Bonchev–Trinajstić information content (AvgIpc) is 2.30. The maximum Gasteiger partial charge on any atom is 0.226 e. The van der Waals surface area contributed by atoms with E-state index in [1.54, 1.807) is 6.08 Å². The van der Waals surface area contributed by atoms with E-state index in [0.717, 1.165) is 39.0 Å². The van der Waals surface area contributed by atoms with E-state index in [4.69, 9.17) is 10.5 Å². The third kappa shape index (κ3) is 4.33. The molecule has 0 unspecified atom stereocenters.